The zero-order valence-corrected chi connectivity index (χ0v) is 15.5. The zero-order valence-electron chi connectivity index (χ0n) is 15.5. The summed E-state index contributed by atoms with van der Waals surface area (Å²) in [6, 6.07) is 15.3. The van der Waals surface area contributed by atoms with Crippen molar-refractivity contribution < 1.29 is 14.2 Å². The largest absolute Gasteiger partial charge is 0.394 e. The van der Waals surface area contributed by atoms with Crippen LogP contribution in [0, 0.1) is 19.7 Å². The van der Waals surface area contributed by atoms with Crippen LogP contribution in [0.25, 0.3) is 22.4 Å². The van der Waals surface area contributed by atoms with Crippen molar-refractivity contribution >= 4 is 5.69 Å². The van der Waals surface area contributed by atoms with Crippen LogP contribution in [0.5, 0.6) is 0 Å². The Kier molecular flexibility index (Phi) is 4.72. The molecular weight excluding hydrogens is 343 g/mol. The summed E-state index contributed by atoms with van der Waals surface area (Å²) in [6.07, 6.45) is -0.208. The second-order valence-corrected chi connectivity index (χ2v) is 7.06. The van der Waals surface area contributed by atoms with Crippen LogP contribution >= 0.6 is 0 Å². The molecule has 0 amide bonds. The van der Waals surface area contributed by atoms with Gasteiger partial charge in [0, 0.05) is 29.2 Å². The third kappa shape index (κ3) is 3.48. The Morgan fingerprint density at radius 1 is 1.11 bits per heavy atom. The fraction of sp³-hybridized carbons (Fsp3) is 0.273. The normalized spacial score (nSPS) is 16.9. The van der Waals surface area contributed by atoms with E-state index in [0.717, 1.165) is 28.2 Å². The van der Waals surface area contributed by atoms with Gasteiger partial charge in [0.2, 0.25) is 0 Å². The molecule has 2 N–H and O–H groups in total. The molecule has 1 aliphatic rings. The van der Waals surface area contributed by atoms with E-state index in [1.54, 1.807) is 6.07 Å². The van der Waals surface area contributed by atoms with Crippen LogP contribution < -0.4 is 4.90 Å². The number of benzene rings is 2. The van der Waals surface area contributed by atoms with Crippen LogP contribution in [0.2, 0.25) is 0 Å². The minimum Gasteiger partial charge on any atom is -0.394 e. The van der Waals surface area contributed by atoms with Gasteiger partial charge in [-0.15, -0.1) is 0 Å². The first-order chi connectivity index (χ1) is 13.0. The third-order valence-corrected chi connectivity index (χ3v) is 5.19. The number of nitrogens with one attached hydrogen (secondary N) is 1. The molecule has 0 aliphatic carbocycles. The first-order valence-corrected chi connectivity index (χ1v) is 9.09. The molecule has 0 spiro atoms. The van der Waals surface area contributed by atoms with Crippen LogP contribution in [-0.2, 0) is 4.74 Å². The van der Waals surface area contributed by atoms with Crippen molar-refractivity contribution in [1.29, 1.82) is 0 Å². The van der Waals surface area contributed by atoms with E-state index in [1.807, 2.05) is 35.2 Å². The van der Waals surface area contributed by atoms with E-state index in [-0.39, 0.29) is 18.5 Å². The van der Waals surface area contributed by atoms with E-state index in [2.05, 4.69) is 24.9 Å². The molecule has 0 unspecified atom stereocenters. The summed E-state index contributed by atoms with van der Waals surface area (Å²) in [5.41, 5.74) is 6.71. The highest BCUT2D eigenvalue weighted by Crippen LogP contribution is 2.30. The number of anilines is 1. The van der Waals surface area contributed by atoms with Crippen LogP contribution in [0.15, 0.2) is 48.5 Å². The molecule has 4 nitrogen and oxygen atoms in total. The van der Waals surface area contributed by atoms with Gasteiger partial charge in [-0.1, -0.05) is 24.3 Å². The third-order valence-electron chi connectivity index (χ3n) is 5.19. The number of aliphatic hydroxyl groups excluding tert-OH is 1. The van der Waals surface area contributed by atoms with E-state index >= 15 is 0 Å². The Hall–Kier alpha value is -2.63. The molecule has 27 heavy (non-hydrogen) atoms. The molecule has 1 aliphatic heterocycles. The van der Waals surface area contributed by atoms with Crippen molar-refractivity contribution in [3.8, 4) is 22.4 Å². The summed E-state index contributed by atoms with van der Waals surface area (Å²) in [5, 5.41) is 9.17. The van der Waals surface area contributed by atoms with Crippen LogP contribution in [0.1, 0.15) is 11.3 Å². The predicted octanol–water partition coefficient (Wildman–Crippen LogP) is 4.26. The van der Waals surface area contributed by atoms with E-state index in [9.17, 15) is 9.50 Å². The second kappa shape index (κ2) is 7.18. The fourth-order valence-electron chi connectivity index (χ4n) is 3.42. The molecule has 0 saturated carbocycles. The van der Waals surface area contributed by atoms with Crippen molar-refractivity contribution in [2.45, 2.75) is 20.0 Å². The van der Waals surface area contributed by atoms with Gasteiger partial charge in [0.15, 0.2) is 0 Å². The molecule has 3 aromatic rings. The molecule has 0 bridgehead atoms. The standard InChI is InChI=1S/C22H23FN2O2/c1-14-9-22(24-15(14)2)17-5-3-16(4-6-17)20-8-7-18(10-21(20)23)25-11-19(12-26)27-13-25/h3-10,19,24,26H,11-13H2,1-2H3/t19-/m1/s1. The highest BCUT2D eigenvalue weighted by atomic mass is 19.1. The topological polar surface area (TPSA) is 48.5 Å². The minimum atomic E-state index is -0.265. The van der Waals surface area contributed by atoms with Crippen molar-refractivity contribution in [1.82, 2.24) is 4.98 Å². The van der Waals surface area contributed by atoms with Crippen molar-refractivity contribution in [3.05, 3.63) is 65.6 Å². The predicted molar refractivity (Wildman–Crippen MR) is 105 cm³/mol. The van der Waals surface area contributed by atoms with E-state index < -0.39 is 0 Å². The molecule has 0 radical (unpaired) electrons. The summed E-state index contributed by atoms with van der Waals surface area (Å²) in [4.78, 5) is 5.29. The highest BCUT2D eigenvalue weighted by Gasteiger charge is 2.23. The number of aryl methyl sites for hydroxylation is 2. The average molecular weight is 366 g/mol. The zero-order chi connectivity index (χ0) is 19.0. The van der Waals surface area contributed by atoms with Gasteiger partial charge in [0.25, 0.3) is 0 Å². The maximum Gasteiger partial charge on any atom is 0.133 e. The summed E-state index contributed by atoms with van der Waals surface area (Å²) in [5.74, 6) is -0.265. The monoisotopic (exact) mass is 366 g/mol. The number of hydrogen-bond donors (Lipinski definition) is 2. The molecule has 1 fully saturated rings. The van der Waals surface area contributed by atoms with Crippen LogP contribution in [-0.4, -0.2) is 36.1 Å². The number of H-pyrrole nitrogens is 1. The molecule has 1 aromatic heterocycles. The van der Waals surface area contributed by atoms with Gasteiger partial charge in [-0.2, -0.15) is 0 Å². The second-order valence-electron chi connectivity index (χ2n) is 7.06. The van der Waals surface area contributed by atoms with Crippen LogP contribution in [0.3, 0.4) is 0 Å². The van der Waals surface area contributed by atoms with E-state index in [4.69, 9.17) is 4.74 Å². The van der Waals surface area contributed by atoms with Gasteiger partial charge in [0.1, 0.15) is 18.7 Å². The fourth-order valence-corrected chi connectivity index (χ4v) is 3.42. The molecule has 4 rings (SSSR count). The highest BCUT2D eigenvalue weighted by molar-refractivity contribution is 5.71. The van der Waals surface area contributed by atoms with Crippen molar-refractivity contribution in [2.24, 2.45) is 0 Å². The molecule has 5 heteroatoms. The molecule has 1 atom stereocenters. The maximum atomic E-state index is 14.7. The number of aromatic nitrogens is 1. The maximum absolute atomic E-state index is 14.7. The Morgan fingerprint density at radius 3 is 2.44 bits per heavy atom. The SMILES string of the molecule is Cc1cc(-c2ccc(-c3ccc(N4CO[C@@H](CO)C4)cc3F)cc2)[nH]c1C. The number of aliphatic hydroxyl groups is 1. The van der Waals surface area contributed by atoms with Gasteiger partial charge in [-0.25, -0.2) is 4.39 Å². The van der Waals surface area contributed by atoms with Crippen molar-refractivity contribution in [3.63, 3.8) is 0 Å². The number of rotatable bonds is 4. The van der Waals surface area contributed by atoms with E-state index in [1.165, 1.54) is 11.6 Å². The van der Waals surface area contributed by atoms with Gasteiger partial charge in [0.05, 0.1) is 6.61 Å². The molecule has 140 valence electrons. The number of hydrogen-bond acceptors (Lipinski definition) is 3. The number of ether oxygens (including phenoxy) is 1. The number of halogens is 1. The van der Waals surface area contributed by atoms with E-state index in [0.29, 0.717) is 18.8 Å². The first kappa shape index (κ1) is 17.8. The summed E-state index contributed by atoms with van der Waals surface area (Å²) < 4.78 is 20.2. The summed E-state index contributed by atoms with van der Waals surface area (Å²) in [7, 11) is 0. The lowest BCUT2D eigenvalue weighted by atomic mass is 10.0. The molecular formula is C22H23FN2O2. The molecule has 1 saturated heterocycles. The quantitative estimate of drug-likeness (QED) is 0.725. The summed E-state index contributed by atoms with van der Waals surface area (Å²) in [6.45, 7) is 5.04. The molecule has 2 heterocycles. The summed E-state index contributed by atoms with van der Waals surface area (Å²) >= 11 is 0. The molecule has 2 aromatic carbocycles. The number of nitrogens with zero attached hydrogens (tertiary/aromatic N) is 1. The van der Waals surface area contributed by atoms with Gasteiger partial charge >= 0.3 is 0 Å². The van der Waals surface area contributed by atoms with Crippen molar-refractivity contribution in [2.75, 3.05) is 24.8 Å². The lowest BCUT2D eigenvalue weighted by molar-refractivity contribution is 0.0645. The Balaban J connectivity index is 1.56. The van der Waals surface area contributed by atoms with Gasteiger partial charge < -0.3 is 19.7 Å². The Labute approximate surface area is 158 Å². The average Bonchev–Trinajstić information content (AvgIpc) is 3.29. The minimum absolute atomic E-state index is 0.0245. The van der Waals surface area contributed by atoms with Gasteiger partial charge in [-0.05, 0) is 54.8 Å². The lowest BCUT2D eigenvalue weighted by Crippen LogP contribution is -2.23. The van der Waals surface area contributed by atoms with Gasteiger partial charge in [-0.3, -0.25) is 0 Å². The first-order valence-electron chi connectivity index (χ1n) is 9.09. The number of aromatic amines is 1. The van der Waals surface area contributed by atoms with Crippen LogP contribution in [0.4, 0.5) is 10.1 Å². The smallest absolute Gasteiger partial charge is 0.133 e. The Morgan fingerprint density at radius 2 is 1.85 bits per heavy atom. The lowest BCUT2D eigenvalue weighted by Gasteiger charge is -2.17. The Bertz CT molecular complexity index is 930.